The van der Waals surface area contributed by atoms with Crippen LogP contribution in [0.25, 0.3) is 0 Å². The van der Waals surface area contributed by atoms with Gasteiger partial charge in [0.1, 0.15) is 4.90 Å². The van der Waals surface area contributed by atoms with Crippen LogP contribution < -0.4 is 4.72 Å². The molecule has 1 fully saturated rings. The van der Waals surface area contributed by atoms with Crippen molar-refractivity contribution in [2.45, 2.75) is 4.90 Å². The number of carbonyl (C=O) groups excluding carboxylic acids is 1. The fourth-order valence-electron chi connectivity index (χ4n) is 2.75. The van der Waals surface area contributed by atoms with Gasteiger partial charge in [0, 0.05) is 37.4 Å². The molecule has 1 aliphatic heterocycles. The Labute approximate surface area is 158 Å². The molecule has 0 unspecified atom stereocenters. The highest BCUT2D eigenvalue weighted by molar-refractivity contribution is 7.92. The molecule has 2 aromatic rings. The predicted molar refractivity (Wildman–Crippen MR) is 102 cm³/mol. The Bertz CT molecular complexity index is 892. The standard InChI is InChI=1S/C18H20ClN3O3S/c1-21-10-12-22(13-11-21)18(23)14-6-8-15(9-7-14)20-26(24,25)17-5-3-2-4-16(17)19/h2-9,20H,10-13H2,1H3. The van der Waals surface area contributed by atoms with Crippen LogP contribution in [0.2, 0.25) is 5.02 Å². The molecule has 2 aromatic carbocycles. The highest BCUT2D eigenvalue weighted by Gasteiger charge is 2.21. The lowest BCUT2D eigenvalue weighted by atomic mass is 10.1. The molecule has 26 heavy (non-hydrogen) atoms. The zero-order valence-corrected chi connectivity index (χ0v) is 15.9. The summed E-state index contributed by atoms with van der Waals surface area (Å²) in [5, 5.41) is 0.155. The molecule has 8 heteroatoms. The summed E-state index contributed by atoms with van der Waals surface area (Å²) >= 11 is 5.97. The summed E-state index contributed by atoms with van der Waals surface area (Å²) < 4.78 is 27.4. The van der Waals surface area contributed by atoms with Gasteiger partial charge in [0.25, 0.3) is 15.9 Å². The Morgan fingerprint density at radius 1 is 1.00 bits per heavy atom. The van der Waals surface area contributed by atoms with Gasteiger partial charge in [0.05, 0.1) is 5.02 Å². The molecule has 0 atom stereocenters. The molecular formula is C18H20ClN3O3S. The second kappa shape index (κ2) is 7.65. The molecule has 6 nitrogen and oxygen atoms in total. The van der Waals surface area contributed by atoms with Gasteiger partial charge in [-0.25, -0.2) is 8.42 Å². The quantitative estimate of drug-likeness (QED) is 0.866. The first-order valence-corrected chi connectivity index (χ1v) is 10.1. The molecule has 0 bridgehead atoms. The van der Waals surface area contributed by atoms with E-state index in [4.69, 9.17) is 11.6 Å². The van der Waals surface area contributed by atoms with E-state index in [-0.39, 0.29) is 15.8 Å². The molecule has 0 aliphatic carbocycles. The first-order valence-electron chi connectivity index (χ1n) is 8.22. The molecule has 0 spiro atoms. The van der Waals surface area contributed by atoms with Gasteiger partial charge in [-0.15, -0.1) is 0 Å². The lowest BCUT2D eigenvalue weighted by Crippen LogP contribution is -2.47. The molecule has 1 aliphatic rings. The summed E-state index contributed by atoms with van der Waals surface area (Å²) in [6.45, 7) is 3.08. The summed E-state index contributed by atoms with van der Waals surface area (Å²) in [4.78, 5) is 16.5. The zero-order chi connectivity index (χ0) is 18.7. The van der Waals surface area contributed by atoms with E-state index in [1.807, 2.05) is 11.9 Å². The summed E-state index contributed by atoms with van der Waals surface area (Å²) in [6, 6.07) is 12.7. The fraction of sp³-hybridized carbons (Fsp3) is 0.278. The maximum absolute atomic E-state index is 12.5. The summed E-state index contributed by atoms with van der Waals surface area (Å²) in [5.74, 6) is -0.0430. The van der Waals surface area contributed by atoms with Crippen LogP contribution in [0.4, 0.5) is 5.69 Å². The van der Waals surface area contributed by atoms with E-state index < -0.39 is 10.0 Å². The Kier molecular flexibility index (Phi) is 5.50. The number of carbonyl (C=O) groups is 1. The fourth-order valence-corrected chi connectivity index (χ4v) is 4.33. The lowest BCUT2D eigenvalue weighted by molar-refractivity contribution is 0.0664. The van der Waals surface area contributed by atoms with Crippen LogP contribution in [-0.4, -0.2) is 57.4 Å². The van der Waals surface area contributed by atoms with Gasteiger partial charge in [-0.3, -0.25) is 9.52 Å². The number of anilines is 1. The van der Waals surface area contributed by atoms with Crippen LogP contribution in [0.15, 0.2) is 53.4 Å². The second-order valence-electron chi connectivity index (χ2n) is 6.21. The maximum Gasteiger partial charge on any atom is 0.263 e. The van der Waals surface area contributed by atoms with E-state index in [1.165, 1.54) is 12.1 Å². The summed E-state index contributed by atoms with van der Waals surface area (Å²) in [5.41, 5.74) is 0.912. The van der Waals surface area contributed by atoms with Crippen LogP contribution >= 0.6 is 11.6 Å². The Morgan fingerprint density at radius 3 is 2.23 bits per heavy atom. The van der Waals surface area contributed by atoms with Gasteiger partial charge < -0.3 is 9.80 Å². The Balaban J connectivity index is 1.72. The predicted octanol–water partition coefficient (Wildman–Crippen LogP) is 2.53. The average molecular weight is 394 g/mol. The summed E-state index contributed by atoms with van der Waals surface area (Å²) in [7, 11) is -1.76. The number of hydrogen-bond acceptors (Lipinski definition) is 4. The number of nitrogens with one attached hydrogen (secondary N) is 1. The Morgan fingerprint density at radius 2 is 1.62 bits per heavy atom. The molecule has 138 valence electrons. The minimum absolute atomic E-state index is 0.0132. The van der Waals surface area contributed by atoms with E-state index in [0.29, 0.717) is 24.3 Å². The summed E-state index contributed by atoms with van der Waals surface area (Å²) in [6.07, 6.45) is 0. The molecule has 1 saturated heterocycles. The van der Waals surface area contributed by atoms with Crippen molar-refractivity contribution in [3.8, 4) is 0 Å². The van der Waals surface area contributed by atoms with E-state index in [2.05, 4.69) is 9.62 Å². The van der Waals surface area contributed by atoms with E-state index in [9.17, 15) is 13.2 Å². The average Bonchev–Trinajstić information content (AvgIpc) is 2.62. The van der Waals surface area contributed by atoms with Gasteiger partial charge in [-0.05, 0) is 43.4 Å². The van der Waals surface area contributed by atoms with Gasteiger partial charge in [0.2, 0.25) is 0 Å². The minimum Gasteiger partial charge on any atom is -0.336 e. The number of likely N-dealkylation sites (N-methyl/N-ethyl adjacent to an activating group) is 1. The van der Waals surface area contributed by atoms with Crippen LogP contribution in [0.3, 0.4) is 0 Å². The largest absolute Gasteiger partial charge is 0.336 e. The molecule has 0 aromatic heterocycles. The van der Waals surface area contributed by atoms with Crippen LogP contribution in [0, 0.1) is 0 Å². The SMILES string of the molecule is CN1CCN(C(=O)c2ccc(NS(=O)(=O)c3ccccc3Cl)cc2)CC1. The highest BCUT2D eigenvalue weighted by atomic mass is 35.5. The number of amides is 1. The van der Waals surface area contributed by atoms with Crippen molar-refractivity contribution < 1.29 is 13.2 Å². The highest BCUT2D eigenvalue weighted by Crippen LogP contribution is 2.23. The maximum atomic E-state index is 12.5. The third-order valence-electron chi connectivity index (χ3n) is 4.30. The monoisotopic (exact) mass is 393 g/mol. The second-order valence-corrected chi connectivity index (χ2v) is 8.27. The first kappa shape index (κ1) is 18.7. The van der Waals surface area contributed by atoms with Gasteiger partial charge in [-0.2, -0.15) is 0 Å². The molecule has 1 amide bonds. The lowest BCUT2D eigenvalue weighted by Gasteiger charge is -2.32. The van der Waals surface area contributed by atoms with Crippen molar-refractivity contribution in [3.63, 3.8) is 0 Å². The number of benzene rings is 2. The number of sulfonamides is 1. The van der Waals surface area contributed by atoms with Crippen molar-refractivity contribution in [1.82, 2.24) is 9.80 Å². The minimum atomic E-state index is -3.79. The van der Waals surface area contributed by atoms with Crippen molar-refractivity contribution in [2.75, 3.05) is 37.9 Å². The van der Waals surface area contributed by atoms with Gasteiger partial charge in [0.15, 0.2) is 0 Å². The number of nitrogens with zero attached hydrogens (tertiary/aromatic N) is 2. The van der Waals surface area contributed by atoms with Crippen molar-refractivity contribution in [1.29, 1.82) is 0 Å². The molecule has 0 saturated carbocycles. The molecule has 1 N–H and O–H groups in total. The molecular weight excluding hydrogens is 374 g/mol. The third kappa shape index (κ3) is 4.17. The number of rotatable bonds is 4. The normalized spacial score (nSPS) is 15.7. The zero-order valence-electron chi connectivity index (χ0n) is 14.4. The van der Waals surface area contributed by atoms with Crippen molar-refractivity contribution in [3.05, 3.63) is 59.1 Å². The third-order valence-corrected chi connectivity index (χ3v) is 6.18. The van der Waals surface area contributed by atoms with Gasteiger partial charge in [-0.1, -0.05) is 23.7 Å². The first-order chi connectivity index (χ1) is 12.4. The van der Waals surface area contributed by atoms with Crippen LogP contribution in [0.5, 0.6) is 0 Å². The van der Waals surface area contributed by atoms with Crippen LogP contribution in [-0.2, 0) is 10.0 Å². The number of halogens is 1. The molecule has 1 heterocycles. The molecule has 0 radical (unpaired) electrons. The topological polar surface area (TPSA) is 69.7 Å². The Hall–Kier alpha value is -2.09. The van der Waals surface area contributed by atoms with E-state index in [0.717, 1.165) is 13.1 Å². The molecule has 3 rings (SSSR count). The van der Waals surface area contributed by atoms with E-state index >= 15 is 0 Å². The number of hydrogen-bond donors (Lipinski definition) is 1. The van der Waals surface area contributed by atoms with Crippen molar-refractivity contribution >= 4 is 33.2 Å². The van der Waals surface area contributed by atoms with Crippen LogP contribution in [0.1, 0.15) is 10.4 Å². The number of piperazine rings is 1. The smallest absolute Gasteiger partial charge is 0.263 e. The van der Waals surface area contributed by atoms with E-state index in [1.54, 1.807) is 36.4 Å². The van der Waals surface area contributed by atoms with Gasteiger partial charge >= 0.3 is 0 Å². The van der Waals surface area contributed by atoms with Crippen molar-refractivity contribution in [2.24, 2.45) is 0 Å².